The van der Waals surface area contributed by atoms with Gasteiger partial charge in [0.05, 0.1) is 13.2 Å². The number of nitrogens with one attached hydrogen (secondary N) is 1. The fourth-order valence-corrected chi connectivity index (χ4v) is 2.46. The van der Waals surface area contributed by atoms with E-state index in [0.717, 1.165) is 28.1 Å². The van der Waals surface area contributed by atoms with Gasteiger partial charge in [-0.2, -0.15) is 0 Å². The first-order valence-electron chi connectivity index (χ1n) is 7.13. The lowest BCUT2D eigenvalue weighted by atomic mass is 10.0. The van der Waals surface area contributed by atoms with E-state index in [1.807, 2.05) is 32.0 Å². The Morgan fingerprint density at radius 1 is 1.05 bits per heavy atom. The number of benzene rings is 2. The summed E-state index contributed by atoms with van der Waals surface area (Å²) in [6.45, 7) is 8.07. The van der Waals surface area contributed by atoms with E-state index >= 15 is 0 Å². The standard InChI is InChI=1S/C18H23NO2/c1-11-6-7-18(21-5)15(8-11)14(4)19-16-9-13(3)17(20)10-12(16)2/h6-10,14,19-20H,1-5H3. The molecule has 2 N–H and O–H groups in total. The highest BCUT2D eigenvalue weighted by atomic mass is 16.5. The molecular weight excluding hydrogens is 262 g/mol. The average molecular weight is 285 g/mol. The second kappa shape index (κ2) is 6.08. The summed E-state index contributed by atoms with van der Waals surface area (Å²) in [5, 5.41) is 13.3. The summed E-state index contributed by atoms with van der Waals surface area (Å²) in [6, 6.07) is 10.1. The van der Waals surface area contributed by atoms with Crippen LogP contribution in [-0.2, 0) is 0 Å². The minimum absolute atomic E-state index is 0.113. The van der Waals surface area contributed by atoms with Crippen molar-refractivity contribution in [1.29, 1.82) is 0 Å². The van der Waals surface area contributed by atoms with Crippen molar-refractivity contribution >= 4 is 5.69 Å². The van der Waals surface area contributed by atoms with Crippen LogP contribution in [0.3, 0.4) is 0 Å². The molecule has 0 aliphatic carbocycles. The van der Waals surface area contributed by atoms with Gasteiger partial charge in [0.2, 0.25) is 0 Å². The van der Waals surface area contributed by atoms with Crippen molar-refractivity contribution < 1.29 is 9.84 Å². The number of phenols is 1. The fourth-order valence-electron chi connectivity index (χ4n) is 2.46. The minimum atomic E-state index is 0.113. The quantitative estimate of drug-likeness (QED) is 0.813. The molecule has 0 amide bonds. The summed E-state index contributed by atoms with van der Waals surface area (Å²) >= 11 is 0. The zero-order valence-electron chi connectivity index (χ0n) is 13.3. The molecule has 1 atom stereocenters. The molecule has 0 spiro atoms. The fraction of sp³-hybridized carbons (Fsp3) is 0.333. The number of rotatable bonds is 4. The van der Waals surface area contributed by atoms with Gasteiger partial charge in [0.25, 0.3) is 0 Å². The lowest BCUT2D eigenvalue weighted by molar-refractivity contribution is 0.408. The first-order chi connectivity index (χ1) is 9.92. The first-order valence-corrected chi connectivity index (χ1v) is 7.13. The molecule has 0 aliphatic heterocycles. The molecular formula is C18H23NO2. The molecule has 0 bridgehead atoms. The highest BCUT2D eigenvalue weighted by Gasteiger charge is 2.13. The van der Waals surface area contributed by atoms with Crippen molar-refractivity contribution in [3.63, 3.8) is 0 Å². The zero-order chi connectivity index (χ0) is 15.6. The van der Waals surface area contributed by atoms with Crippen LogP contribution in [0.25, 0.3) is 0 Å². The van der Waals surface area contributed by atoms with Gasteiger partial charge in [0.15, 0.2) is 0 Å². The topological polar surface area (TPSA) is 41.5 Å². The van der Waals surface area contributed by atoms with Crippen LogP contribution >= 0.6 is 0 Å². The molecule has 0 aliphatic rings. The van der Waals surface area contributed by atoms with E-state index in [2.05, 4.69) is 25.2 Å². The van der Waals surface area contributed by atoms with Crippen molar-refractivity contribution in [2.75, 3.05) is 12.4 Å². The predicted octanol–water partition coefficient (Wildman–Crippen LogP) is 4.50. The van der Waals surface area contributed by atoms with E-state index in [0.29, 0.717) is 5.75 Å². The summed E-state index contributed by atoms with van der Waals surface area (Å²) in [5.74, 6) is 1.22. The first kappa shape index (κ1) is 15.2. The number of phenolic OH excluding ortho intramolecular Hbond substituents is 1. The maximum absolute atomic E-state index is 9.75. The van der Waals surface area contributed by atoms with Crippen LogP contribution in [0.1, 0.15) is 35.2 Å². The smallest absolute Gasteiger partial charge is 0.124 e. The lowest BCUT2D eigenvalue weighted by Gasteiger charge is -2.21. The number of aryl methyl sites for hydroxylation is 3. The van der Waals surface area contributed by atoms with Crippen molar-refractivity contribution in [1.82, 2.24) is 0 Å². The molecule has 0 fully saturated rings. The molecule has 0 radical (unpaired) electrons. The summed E-state index contributed by atoms with van der Waals surface area (Å²) in [5.41, 5.74) is 5.25. The third-order valence-corrected chi connectivity index (χ3v) is 3.77. The second-order valence-electron chi connectivity index (χ2n) is 5.57. The SMILES string of the molecule is COc1ccc(C)cc1C(C)Nc1cc(C)c(O)cc1C. The van der Waals surface area contributed by atoms with E-state index in [9.17, 15) is 5.11 Å². The zero-order valence-corrected chi connectivity index (χ0v) is 13.3. The molecule has 3 heteroatoms. The van der Waals surface area contributed by atoms with E-state index < -0.39 is 0 Å². The van der Waals surface area contributed by atoms with Gasteiger partial charge in [-0.15, -0.1) is 0 Å². The van der Waals surface area contributed by atoms with E-state index in [-0.39, 0.29) is 6.04 Å². The Hall–Kier alpha value is -2.16. The van der Waals surface area contributed by atoms with Crippen LogP contribution in [0, 0.1) is 20.8 Å². The van der Waals surface area contributed by atoms with Gasteiger partial charge in [-0.3, -0.25) is 0 Å². The lowest BCUT2D eigenvalue weighted by Crippen LogP contribution is -2.09. The largest absolute Gasteiger partial charge is 0.508 e. The summed E-state index contributed by atoms with van der Waals surface area (Å²) < 4.78 is 5.45. The van der Waals surface area contributed by atoms with Crippen LogP contribution in [-0.4, -0.2) is 12.2 Å². The molecule has 0 aromatic heterocycles. The number of hydrogen-bond acceptors (Lipinski definition) is 3. The molecule has 2 aromatic carbocycles. The number of methoxy groups -OCH3 is 1. The monoisotopic (exact) mass is 285 g/mol. The third kappa shape index (κ3) is 3.30. The minimum Gasteiger partial charge on any atom is -0.508 e. The Kier molecular flexibility index (Phi) is 4.41. The molecule has 0 heterocycles. The van der Waals surface area contributed by atoms with Gasteiger partial charge >= 0.3 is 0 Å². The maximum atomic E-state index is 9.75. The molecule has 1 unspecified atom stereocenters. The molecule has 21 heavy (non-hydrogen) atoms. The van der Waals surface area contributed by atoms with Gasteiger partial charge in [0, 0.05) is 11.3 Å². The summed E-state index contributed by atoms with van der Waals surface area (Å²) in [6.07, 6.45) is 0. The Bertz CT molecular complexity index is 650. The molecule has 2 rings (SSSR count). The second-order valence-corrected chi connectivity index (χ2v) is 5.57. The molecule has 2 aromatic rings. The van der Waals surface area contributed by atoms with Crippen LogP contribution in [0.15, 0.2) is 30.3 Å². The van der Waals surface area contributed by atoms with E-state index in [4.69, 9.17) is 4.74 Å². The van der Waals surface area contributed by atoms with Crippen LogP contribution in [0.5, 0.6) is 11.5 Å². The summed E-state index contributed by atoms with van der Waals surface area (Å²) in [4.78, 5) is 0. The van der Waals surface area contributed by atoms with Gasteiger partial charge in [-0.25, -0.2) is 0 Å². The van der Waals surface area contributed by atoms with Crippen molar-refractivity contribution in [2.24, 2.45) is 0 Å². The van der Waals surface area contributed by atoms with Gasteiger partial charge in [-0.1, -0.05) is 17.7 Å². The molecule has 3 nitrogen and oxygen atoms in total. The molecule has 0 saturated carbocycles. The van der Waals surface area contributed by atoms with Gasteiger partial charge in [-0.05, 0) is 57.0 Å². The van der Waals surface area contributed by atoms with Gasteiger partial charge in [0.1, 0.15) is 11.5 Å². The Morgan fingerprint density at radius 2 is 1.76 bits per heavy atom. The Balaban J connectivity index is 2.32. The molecule has 112 valence electrons. The van der Waals surface area contributed by atoms with Crippen molar-refractivity contribution in [3.05, 3.63) is 52.6 Å². The number of ether oxygens (including phenoxy) is 1. The van der Waals surface area contributed by atoms with E-state index in [1.54, 1.807) is 13.2 Å². The third-order valence-electron chi connectivity index (χ3n) is 3.77. The summed E-state index contributed by atoms with van der Waals surface area (Å²) in [7, 11) is 1.69. The van der Waals surface area contributed by atoms with E-state index in [1.165, 1.54) is 5.56 Å². The Labute approximate surface area is 126 Å². The number of hydrogen-bond donors (Lipinski definition) is 2. The van der Waals surface area contributed by atoms with Crippen molar-refractivity contribution in [3.8, 4) is 11.5 Å². The van der Waals surface area contributed by atoms with Crippen LogP contribution in [0.4, 0.5) is 5.69 Å². The van der Waals surface area contributed by atoms with Crippen molar-refractivity contribution in [2.45, 2.75) is 33.7 Å². The normalized spacial score (nSPS) is 12.0. The van der Waals surface area contributed by atoms with Crippen LogP contribution < -0.4 is 10.1 Å². The van der Waals surface area contributed by atoms with Gasteiger partial charge < -0.3 is 15.2 Å². The molecule has 0 saturated heterocycles. The highest BCUT2D eigenvalue weighted by molar-refractivity contribution is 5.58. The highest BCUT2D eigenvalue weighted by Crippen LogP contribution is 2.31. The predicted molar refractivity (Wildman–Crippen MR) is 87.3 cm³/mol. The number of anilines is 1. The maximum Gasteiger partial charge on any atom is 0.124 e. The number of aromatic hydroxyl groups is 1. The van der Waals surface area contributed by atoms with Crippen LogP contribution in [0.2, 0.25) is 0 Å². The average Bonchev–Trinajstić information content (AvgIpc) is 2.44. The Morgan fingerprint density at radius 3 is 2.43 bits per heavy atom.